The Morgan fingerprint density at radius 3 is 2.47 bits per heavy atom. The van der Waals surface area contributed by atoms with Crippen molar-refractivity contribution in [3.05, 3.63) is 34.9 Å². The molecule has 0 aromatic heterocycles. The van der Waals surface area contributed by atoms with E-state index in [9.17, 15) is 0 Å². The molecule has 0 aliphatic heterocycles. The highest BCUT2D eigenvalue weighted by Crippen LogP contribution is 2.15. The van der Waals surface area contributed by atoms with Crippen LogP contribution in [-0.4, -0.2) is 13.6 Å². The van der Waals surface area contributed by atoms with Gasteiger partial charge in [-0.15, -0.1) is 0 Å². The second kappa shape index (κ2) is 5.92. The van der Waals surface area contributed by atoms with Gasteiger partial charge in [0.1, 0.15) is 0 Å². The Labute approximate surface area is 93.9 Å². The molecule has 84 valence electrons. The SMILES string of the molecule is CCC(CNC)Cc1ccc(C)c(C)c1. The van der Waals surface area contributed by atoms with Crippen molar-refractivity contribution in [1.29, 1.82) is 0 Å². The third-order valence-corrected chi connectivity index (χ3v) is 3.17. The van der Waals surface area contributed by atoms with Crippen molar-refractivity contribution in [2.45, 2.75) is 33.6 Å². The fourth-order valence-corrected chi connectivity index (χ4v) is 1.91. The first kappa shape index (κ1) is 12.3. The first-order valence-corrected chi connectivity index (χ1v) is 5.88. The summed E-state index contributed by atoms with van der Waals surface area (Å²) in [5, 5.41) is 3.26. The third-order valence-electron chi connectivity index (χ3n) is 3.17. The lowest BCUT2D eigenvalue weighted by molar-refractivity contribution is 0.481. The molecular formula is C14H23N. The molecule has 0 radical (unpaired) electrons. The van der Waals surface area contributed by atoms with Gasteiger partial charge in [0.05, 0.1) is 0 Å². The van der Waals surface area contributed by atoms with Crippen LogP contribution in [0.4, 0.5) is 0 Å². The summed E-state index contributed by atoms with van der Waals surface area (Å²) in [7, 11) is 2.03. The quantitative estimate of drug-likeness (QED) is 0.779. The van der Waals surface area contributed by atoms with Crippen molar-refractivity contribution in [2.75, 3.05) is 13.6 Å². The van der Waals surface area contributed by atoms with E-state index in [4.69, 9.17) is 0 Å². The van der Waals surface area contributed by atoms with Crippen molar-refractivity contribution in [2.24, 2.45) is 5.92 Å². The zero-order valence-electron chi connectivity index (χ0n) is 10.4. The van der Waals surface area contributed by atoms with Crippen molar-refractivity contribution in [3.8, 4) is 0 Å². The Balaban J connectivity index is 2.66. The predicted octanol–water partition coefficient (Wildman–Crippen LogP) is 3.09. The van der Waals surface area contributed by atoms with E-state index in [2.05, 4.69) is 44.3 Å². The monoisotopic (exact) mass is 205 g/mol. The summed E-state index contributed by atoms with van der Waals surface area (Å²) in [5.74, 6) is 0.761. The molecule has 0 bridgehead atoms. The van der Waals surface area contributed by atoms with Crippen LogP contribution >= 0.6 is 0 Å². The minimum atomic E-state index is 0.761. The van der Waals surface area contributed by atoms with Crippen molar-refractivity contribution < 1.29 is 0 Å². The maximum atomic E-state index is 3.26. The van der Waals surface area contributed by atoms with E-state index in [1.165, 1.54) is 29.5 Å². The van der Waals surface area contributed by atoms with Gasteiger partial charge in [-0.25, -0.2) is 0 Å². The average molecular weight is 205 g/mol. The lowest BCUT2D eigenvalue weighted by Crippen LogP contribution is -2.20. The fourth-order valence-electron chi connectivity index (χ4n) is 1.91. The van der Waals surface area contributed by atoms with Crippen molar-refractivity contribution in [3.63, 3.8) is 0 Å². The van der Waals surface area contributed by atoms with Crippen molar-refractivity contribution >= 4 is 0 Å². The molecule has 1 rings (SSSR count). The minimum absolute atomic E-state index is 0.761. The van der Waals surface area contributed by atoms with Crippen LogP contribution in [0.1, 0.15) is 30.0 Å². The standard InChI is InChI=1S/C14H23N/c1-5-13(10-15-4)9-14-7-6-11(2)12(3)8-14/h6-8,13,15H,5,9-10H2,1-4H3. The lowest BCUT2D eigenvalue weighted by atomic mass is 9.95. The molecule has 1 heteroatoms. The van der Waals surface area contributed by atoms with Gasteiger partial charge in [0.25, 0.3) is 0 Å². The summed E-state index contributed by atoms with van der Waals surface area (Å²) in [6.45, 7) is 7.74. The maximum Gasteiger partial charge on any atom is -0.00204 e. The molecule has 1 atom stereocenters. The van der Waals surface area contributed by atoms with Crippen LogP contribution in [0.25, 0.3) is 0 Å². The van der Waals surface area contributed by atoms with Gasteiger partial charge in [-0.2, -0.15) is 0 Å². The summed E-state index contributed by atoms with van der Waals surface area (Å²) in [5.41, 5.74) is 4.27. The number of hydrogen-bond acceptors (Lipinski definition) is 1. The van der Waals surface area contributed by atoms with Crippen LogP contribution in [0.15, 0.2) is 18.2 Å². The van der Waals surface area contributed by atoms with Gasteiger partial charge in [0.2, 0.25) is 0 Å². The molecule has 0 saturated carbocycles. The van der Waals surface area contributed by atoms with Crippen molar-refractivity contribution in [1.82, 2.24) is 5.32 Å². The van der Waals surface area contributed by atoms with E-state index in [0.717, 1.165) is 12.5 Å². The summed E-state index contributed by atoms with van der Waals surface area (Å²) in [6.07, 6.45) is 2.44. The van der Waals surface area contributed by atoms with Gasteiger partial charge in [0, 0.05) is 0 Å². The van der Waals surface area contributed by atoms with Gasteiger partial charge < -0.3 is 5.32 Å². The topological polar surface area (TPSA) is 12.0 Å². The van der Waals surface area contributed by atoms with Crippen LogP contribution in [0.3, 0.4) is 0 Å². The Bertz CT molecular complexity index is 304. The molecule has 1 unspecified atom stereocenters. The summed E-state index contributed by atoms with van der Waals surface area (Å²) >= 11 is 0. The van der Waals surface area contributed by atoms with Crippen LogP contribution in [0.2, 0.25) is 0 Å². The lowest BCUT2D eigenvalue weighted by Gasteiger charge is -2.15. The predicted molar refractivity (Wildman–Crippen MR) is 67.3 cm³/mol. The molecule has 1 N–H and O–H groups in total. The fraction of sp³-hybridized carbons (Fsp3) is 0.571. The van der Waals surface area contributed by atoms with Gasteiger partial charge in [-0.05, 0) is 56.5 Å². The number of rotatable bonds is 5. The first-order valence-electron chi connectivity index (χ1n) is 5.88. The Kier molecular flexibility index (Phi) is 4.83. The molecule has 0 spiro atoms. The molecule has 1 aromatic rings. The molecule has 0 aliphatic rings. The van der Waals surface area contributed by atoms with Crippen LogP contribution in [-0.2, 0) is 6.42 Å². The summed E-state index contributed by atoms with van der Waals surface area (Å²) in [4.78, 5) is 0. The second-order valence-electron chi connectivity index (χ2n) is 4.45. The van der Waals surface area contributed by atoms with E-state index < -0.39 is 0 Å². The number of hydrogen-bond donors (Lipinski definition) is 1. The average Bonchev–Trinajstić information content (AvgIpc) is 2.23. The Morgan fingerprint density at radius 2 is 1.93 bits per heavy atom. The maximum absolute atomic E-state index is 3.26. The molecule has 1 nitrogen and oxygen atoms in total. The van der Waals surface area contributed by atoms with Gasteiger partial charge >= 0.3 is 0 Å². The smallest absolute Gasteiger partial charge is 0.00204 e. The van der Waals surface area contributed by atoms with Crippen LogP contribution in [0, 0.1) is 19.8 Å². The van der Waals surface area contributed by atoms with E-state index in [-0.39, 0.29) is 0 Å². The molecule has 1 aromatic carbocycles. The van der Waals surface area contributed by atoms with Crippen LogP contribution in [0.5, 0.6) is 0 Å². The third kappa shape index (κ3) is 3.67. The molecule has 15 heavy (non-hydrogen) atoms. The van der Waals surface area contributed by atoms with Crippen LogP contribution < -0.4 is 5.32 Å². The van der Waals surface area contributed by atoms with Gasteiger partial charge in [0.15, 0.2) is 0 Å². The number of aryl methyl sites for hydroxylation is 2. The first-order chi connectivity index (χ1) is 7.17. The van der Waals surface area contributed by atoms with E-state index >= 15 is 0 Å². The summed E-state index contributed by atoms with van der Waals surface area (Å²) < 4.78 is 0. The Morgan fingerprint density at radius 1 is 1.20 bits per heavy atom. The Hall–Kier alpha value is -0.820. The molecule has 0 saturated heterocycles. The number of nitrogens with one attached hydrogen (secondary N) is 1. The molecule has 0 heterocycles. The highest BCUT2D eigenvalue weighted by molar-refractivity contribution is 5.30. The van der Waals surface area contributed by atoms with E-state index in [0.29, 0.717) is 0 Å². The highest BCUT2D eigenvalue weighted by atomic mass is 14.8. The second-order valence-corrected chi connectivity index (χ2v) is 4.45. The minimum Gasteiger partial charge on any atom is -0.319 e. The summed E-state index contributed by atoms with van der Waals surface area (Å²) in [6, 6.07) is 6.82. The number of benzene rings is 1. The normalized spacial score (nSPS) is 12.8. The van der Waals surface area contributed by atoms with Gasteiger partial charge in [-0.3, -0.25) is 0 Å². The molecule has 0 fully saturated rings. The molecule has 0 amide bonds. The zero-order chi connectivity index (χ0) is 11.3. The molecular weight excluding hydrogens is 182 g/mol. The van der Waals surface area contributed by atoms with E-state index in [1.54, 1.807) is 0 Å². The van der Waals surface area contributed by atoms with Gasteiger partial charge in [-0.1, -0.05) is 31.5 Å². The highest BCUT2D eigenvalue weighted by Gasteiger charge is 2.06. The zero-order valence-corrected chi connectivity index (χ0v) is 10.4. The molecule has 0 aliphatic carbocycles. The van der Waals surface area contributed by atoms with E-state index in [1.807, 2.05) is 7.05 Å². The largest absolute Gasteiger partial charge is 0.319 e.